The molecule has 0 aliphatic carbocycles. The van der Waals surface area contributed by atoms with Gasteiger partial charge in [0.15, 0.2) is 10.9 Å². The van der Waals surface area contributed by atoms with Gasteiger partial charge in [0.1, 0.15) is 0 Å². The van der Waals surface area contributed by atoms with Crippen molar-refractivity contribution in [2.45, 2.75) is 6.92 Å². The van der Waals surface area contributed by atoms with Gasteiger partial charge in [0.25, 0.3) is 0 Å². The zero-order valence-corrected chi connectivity index (χ0v) is 15.6. The summed E-state index contributed by atoms with van der Waals surface area (Å²) >= 11 is 12.6. The van der Waals surface area contributed by atoms with Gasteiger partial charge >= 0.3 is 0 Å². The topological polar surface area (TPSA) is 65.7 Å². The predicted octanol–water partition coefficient (Wildman–Crippen LogP) is 5.29. The minimum absolute atomic E-state index is 0.0764. The number of halogens is 2. The van der Waals surface area contributed by atoms with Crippen molar-refractivity contribution in [1.29, 1.82) is 0 Å². The monoisotopic (exact) mass is 394 g/mol. The molecule has 0 amide bonds. The molecular weight excluding hydrogens is 383 g/mol. The number of aryl methyl sites for hydroxylation is 1. The molecule has 0 aliphatic heterocycles. The maximum absolute atomic E-state index is 13.1. The molecule has 0 saturated heterocycles. The van der Waals surface area contributed by atoms with E-state index >= 15 is 0 Å². The van der Waals surface area contributed by atoms with E-state index in [4.69, 9.17) is 23.2 Å². The summed E-state index contributed by atoms with van der Waals surface area (Å²) in [5.74, 6) is 0. The summed E-state index contributed by atoms with van der Waals surface area (Å²) in [6, 6.07) is 12.5. The van der Waals surface area contributed by atoms with Gasteiger partial charge in [-0.1, -0.05) is 35.3 Å². The van der Waals surface area contributed by atoms with Gasteiger partial charge in [-0.25, -0.2) is 0 Å². The molecule has 0 radical (unpaired) electrons. The van der Waals surface area contributed by atoms with Crippen molar-refractivity contribution in [2.75, 3.05) is 0 Å². The number of para-hydroxylation sites is 1. The molecule has 27 heavy (non-hydrogen) atoms. The Bertz CT molecular complexity index is 1550. The van der Waals surface area contributed by atoms with E-state index in [1.54, 1.807) is 24.3 Å². The fourth-order valence-corrected chi connectivity index (χ4v) is 4.10. The molecule has 2 heterocycles. The fraction of sp³-hybridized carbons (Fsp3) is 0.0476. The van der Waals surface area contributed by atoms with Gasteiger partial charge in [0.05, 0.1) is 32.0 Å². The molecule has 0 aliphatic rings. The van der Waals surface area contributed by atoms with Crippen LogP contribution in [0.3, 0.4) is 0 Å². The Balaban J connectivity index is 2.03. The van der Waals surface area contributed by atoms with E-state index in [-0.39, 0.29) is 15.9 Å². The van der Waals surface area contributed by atoms with Gasteiger partial charge in [-0.2, -0.15) is 0 Å². The first kappa shape index (κ1) is 16.4. The van der Waals surface area contributed by atoms with E-state index in [1.165, 1.54) is 0 Å². The first-order valence-corrected chi connectivity index (χ1v) is 9.10. The number of nitrogens with one attached hydrogen (secondary N) is 2. The third kappa shape index (κ3) is 2.24. The van der Waals surface area contributed by atoms with Crippen molar-refractivity contribution < 1.29 is 0 Å². The molecule has 0 fully saturated rings. The Kier molecular flexibility index (Phi) is 3.39. The van der Waals surface area contributed by atoms with E-state index < -0.39 is 0 Å². The Labute approximate surface area is 162 Å². The minimum Gasteiger partial charge on any atom is -0.354 e. The normalized spacial score (nSPS) is 11.8. The second-order valence-electron chi connectivity index (χ2n) is 6.64. The summed E-state index contributed by atoms with van der Waals surface area (Å²) in [6.07, 6.45) is 0. The van der Waals surface area contributed by atoms with E-state index in [0.29, 0.717) is 43.1 Å². The highest BCUT2D eigenvalue weighted by Crippen LogP contribution is 2.32. The number of pyridine rings is 2. The molecule has 5 rings (SSSR count). The van der Waals surface area contributed by atoms with Gasteiger partial charge in [-0.05, 0) is 42.8 Å². The standard InChI is InChI=1S/C21H12Cl2N2O2/c1-9-6-16-17(19(23)18(9)22)21(27)12-8-14-11(7-15(12)25-16)20(26)10-4-2-3-5-13(10)24-14/h2-8H,1H3,(H,24,26)(H,25,27). The van der Waals surface area contributed by atoms with Crippen molar-refractivity contribution in [1.82, 2.24) is 9.97 Å². The molecule has 0 unspecified atom stereocenters. The lowest BCUT2D eigenvalue weighted by atomic mass is 10.0. The Morgan fingerprint density at radius 1 is 0.704 bits per heavy atom. The molecule has 132 valence electrons. The van der Waals surface area contributed by atoms with Gasteiger partial charge < -0.3 is 9.97 Å². The summed E-state index contributed by atoms with van der Waals surface area (Å²) in [5.41, 5.74) is 2.98. The predicted molar refractivity (Wildman–Crippen MR) is 112 cm³/mol. The van der Waals surface area contributed by atoms with Crippen molar-refractivity contribution in [3.8, 4) is 0 Å². The molecular formula is C21H12Cl2N2O2. The second kappa shape index (κ2) is 5.59. The lowest BCUT2D eigenvalue weighted by Crippen LogP contribution is -2.08. The molecule has 2 N–H and O–H groups in total. The zero-order valence-electron chi connectivity index (χ0n) is 14.1. The lowest BCUT2D eigenvalue weighted by molar-refractivity contribution is 1.43. The summed E-state index contributed by atoms with van der Waals surface area (Å²) in [4.78, 5) is 32.5. The minimum atomic E-state index is -0.221. The van der Waals surface area contributed by atoms with Crippen LogP contribution in [0, 0.1) is 6.92 Å². The summed E-state index contributed by atoms with van der Waals surface area (Å²) in [7, 11) is 0. The molecule has 5 aromatic rings. The highest BCUT2D eigenvalue weighted by atomic mass is 35.5. The number of rotatable bonds is 0. The van der Waals surface area contributed by atoms with Gasteiger partial charge in [-0.3, -0.25) is 9.59 Å². The molecule has 0 spiro atoms. The van der Waals surface area contributed by atoms with E-state index in [1.807, 2.05) is 25.1 Å². The molecule has 0 saturated carbocycles. The van der Waals surface area contributed by atoms with Gasteiger partial charge in [-0.15, -0.1) is 0 Å². The molecule has 0 bridgehead atoms. The number of benzene rings is 3. The summed E-state index contributed by atoms with van der Waals surface area (Å²) < 4.78 is 0. The molecule has 0 atom stereocenters. The van der Waals surface area contributed by atoms with Crippen LogP contribution in [0.5, 0.6) is 0 Å². The van der Waals surface area contributed by atoms with Crippen LogP contribution in [0.1, 0.15) is 5.56 Å². The largest absolute Gasteiger partial charge is 0.354 e. The van der Waals surface area contributed by atoms with Crippen molar-refractivity contribution >= 4 is 66.8 Å². The zero-order chi connectivity index (χ0) is 18.9. The number of fused-ring (bicyclic) bond motifs is 4. The first-order valence-electron chi connectivity index (χ1n) is 8.35. The molecule has 6 heteroatoms. The van der Waals surface area contributed by atoms with Crippen LogP contribution in [-0.4, -0.2) is 9.97 Å². The number of aromatic nitrogens is 2. The first-order chi connectivity index (χ1) is 13.0. The van der Waals surface area contributed by atoms with Crippen LogP contribution in [0.15, 0.2) is 52.1 Å². The highest BCUT2D eigenvalue weighted by Gasteiger charge is 2.15. The molecule has 2 aromatic heterocycles. The Morgan fingerprint density at radius 2 is 1.33 bits per heavy atom. The van der Waals surface area contributed by atoms with E-state index in [2.05, 4.69) is 9.97 Å². The number of aromatic amines is 2. The maximum Gasteiger partial charge on any atom is 0.198 e. The second-order valence-corrected chi connectivity index (χ2v) is 7.40. The van der Waals surface area contributed by atoms with E-state index in [9.17, 15) is 9.59 Å². The van der Waals surface area contributed by atoms with Crippen LogP contribution >= 0.6 is 23.2 Å². The lowest BCUT2D eigenvalue weighted by Gasteiger charge is -2.09. The number of H-pyrrole nitrogens is 2. The Hall–Kier alpha value is -2.82. The van der Waals surface area contributed by atoms with Crippen LogP contribution < -0.4 is 10.9 Å². The van der Waals surface area contributed by atoms with Gasteiger partial charge in [0.2, 0.25) is 0 Å². The SMILES string of the molecule is Cc1cc2[nH]c3cc4c(=O)c5ccccc5[nH]c4cc3c(=O)c2c(Cl)c1Cl. The van der Waals surface area contributed by atoms with Crippen molar-refractivity contribution in [2.24, 2.45) is 0 Å². The van der Waals surface area contributed by atoms with Crippen LogP contribution in [0.4, 0.5) is 0 Å². The van der Waals surface area contributed by atoms with Crippen LogP contribution in [0.25, 0.3) is 43.6 Å². The summed E-state index contributed by atoms with van der Waals surface area (Å²) in [5, 5.41) is 2.53. The Morgan fingerprint density at radius 3 is 2.07 bits per heavy atom. The van der Waals surface area contributed by atoms with Crippen LogP contribution in [0.2, 0.25) is 10.0 Å². The fourth-order valence-electron chi connectivity index (χ4n) is 3.62. The highest BCUT2D eigenvalue weighted by molar-refractivity contribution is 6.45. The third-order valence-corrected chi connectivity index (χ3v) is 5.93. The van der Waals surface area contributed by atoms with Crippen LogP contribution in [-0.2, 0) is 0 Å². The van der Waals surface area contributed by atoms with Gasteiger partial charge in [0, 0.05) is 21.7 Å². The van der Waals surface area contributed by atoms with E-state index in [0.717, 1.165) is 11.1 Å². The van der Waals surface area contributed by atoms with Crippen molar-refractivity contribution in [3.63, 3.8) is 0 Å². The molecule has 3 aromatic carbocycles. The number of hydrogen-bond acceptors (Lipinski definition) is 2. The average Bonchev–Trinajstić information content (AvgIpc) is 2.66. The molecule has 4 nitrogen and oxygen atoms in total. The quantitative estimate of drug-likeness (QED) is 0.350. The van der Waals surface area contributed by atoms with Crippen molar-refractivity contribution in [3.05, 3.63) is 78.5 Å². The summed E-state index contributed by atoms with van der Waals surface area (Å²) in [6.45, 7) is 1.83. The number of hydrogen-bond donors (Lipinski definition) is 2. The maximum atomic E-state index is 13.1. The average molecular weight is 395 g/mol. The third-order valence-electron chi connectivity index (χ3n) is 4.97. The smallest absolute Gasteiger partial charge is 0.198 e.